The zero-order valence-electron chi connectivity index (χ0n) is 16.2. The summed E-state index contributed by atoms with van der Waals surface area (Å²) in [5.74, 6) is -0.215. The van der Waals surface area contributed by atoms with E-state index in [1.54, 1.807) is 6.07 Å². The van der Waals surface area contributed by atoms with Crippen molar-refractivity contribution in [2.75, 3.05) is 11.9 Å². The average Bonchev–Trinajstić information content (AvgIpc) is 2.67. The Hall–Kier alpha value is -1.79. The van der Waals surface area contributed by atoms with Crippen LogP contribution in [0.4, 0.5) is 5.82 Å². The number of anilines is 1. The van der Waals surface area contributed by atoms with E-state index in [1.165, 1.54) is 30.2 Å². The lowest BCUT2D eigenvalue weighted by Gasteiger charge is -2.12. The van der Waals surface area contributed by atoms with Crippen LogP contribution in [-0.2, 0) is 11.2 Å². The summed E-state index contributed by atoms with van der Waals surface area (Å²) < 4.78 is 0. The van der Waals surface area contributed by atoms with Crippen LogP contribution in [0.3, 0.4) is 0 Å². The highest BCUT2D eigenvalue weighted by atomic mass is 35.5. The van der Waals surface area contributed by atoms with E-state index in [-0.39, 0.29) is 0 Å². The van der Waals surface area contributed by atoms with Crippen molar-refractivity contribution in [3.8, 4) is 0 Å². The van der Waals surface area contributed by atoms with E-state index in [1.807, 2.05) is 18.2 Å². The Morgan fingerprint density at radius 3 is 2.64 bits per heavy atom. The summed E-state index contributed by atoms with van der Waals surface area (Å²) in [6.07, 6.45) is 6.94. The van der Waals surface area contributed by atoms with Crippen LogP contribution in [0.15, 0.2) is 41.6 Å². The molecule has 0 amide bonds. The summed E-state index contributed by atoms with van der Waals surface area (Å²) in [7, 11) is 0. The van der Waals surface area contributed by atoms with Gasteiger partial charge in [0, 0.05) is 12.6 Å². The minimum atomic E-state index is -0.831. The quantitative estimate of drug-likeness (QED) is 0.187. The number of hydrogen-bond donors (Lipinski definition) is 2. The van der Waals surface area contributed by atoms with Crippen LogP contribution in [0.25, 0.3) is 0 Å². The first-order valence-corrected chi connectivity index (χ1v) is 11.1. The largest absolute Gasteiger partial charge is 0.480 e. The molecule has 0 saturated heterocycles. The number of hydrogen-bond acceptors (Lipinski definition) is 5. The molecule has 1 heterocycles. The van der Waals surface area contributed by atoms with Gasteiger partial charge in [0.1, 0.15) is 16.2 Å². The van der Waals surface area contributed by atoms with Crippen molar-refractivity contribution in [3.05, 3.63) is 47.1 Å². The first-order valence-electron chi connectivity index (χ1n) is 9.80. The van der Waals surface area contributed by atoms with Crippen molar-refractivity contribution in [1.82, 2.24) is 9.97 Å². The molecular formula is C21H28ClN3O2S. The molecule has 0 aliphatic rings. The fraction of sp³-hybridized carbons (Fsp3) is 0.476. The molecule has 0 radical (unpaired) electrons. The van der Waals surface area contributed by atoms with Gasteiger partial charge in [0.2, 0.25) is 0 Å². The molecule has 0 spiro atoms. The third-order valence-electron chi connectivity index (χ3n) is 4.33. The van der Waals surface area contributed by atoms with Crippen molar-refractivity contribution in [3.63, 3.8) is 0 Å². The van der Waals surface area contributed by atoms with E-state index in [9.17, 15) is 9.90 Å². The van der Waals surface area contributed by atoms with E-state index in [4.69, 9.17) is 11.6 Å². The SMILES string of the molecule is CCCCCCCC(Sc1nc(Cl)cc(NCCc2ccccc2)n1)C(=O)O. The number of carboxylic acids is 1. The summed E-state index contributed by atoms with van der Waals surface area (Å²) >= 11 is 7.29. The zero-order chi connectivity index (χ0) is 20.2. The van der Waals surface area contributed by atoms with Crippen LogP contribution in [0.2, 0.25) is 5.15 Å². The normalized spacial score (nSPS) is 11.9. The molecule has 0 aliphatic heterocycles. The fourth-order valence-corrected chi connectivity index (χ4v) is 3.99. The number of nitrogens with one attached hydrogen (secondary N) is 1. The Balaban J connectivity index is 1.89. The summed E-state index contributed by atoms with van der Waals surface area (Å²) in [5.41, 5.74) is 1.23. The number of carbonyl (C=O) groups is 1. The molecule has 1 atom stereocenters. The number of halogens is 1. The predicted octanol–water partition coefficient (Wildman–Crippen LogP) is 5.69. The van der Waals surface area contributed by atoms with Gasteiger partial charge < -0.3 is 10.4 Å². The number of thioether (sulfide) groups is 1. The highest BCUT2D eigenvalue weighted by molar-refractivity contribution is 8.00. The molecule has 2 rings (SSSR count). The van der Waals surface area contributed by atoms with Crippen molar-refractivity contribution >= 4 is 35.1 Å². The van der Waals surface area contributed by atoms with Gasteiger partial charge in [-0.05, 0) is 18.4 Å². The van der Waals surface area contributed by atoms with Gasteiger partial charge in [-0.15, -0.1) is 0 Å². The maximum Gasteiger partial charge on any atom is 0.317 e. The van der Waals surface area contributed by atoms with Crippen molar-refractivity contribution < 1.29 is 9.90 Å². The summed E-state index contributed by atoms with van der Waals surface area (Å²) in [5, 5.41) is 12.9. The smallest absolute Gasteiger partial charge is 0.317 e. The van der Waals surface area contributed by atoms with Gasteiger partial charge in [-0.25, -0.2) is 9.97 Å². The van der Waals surface area contributed by atoms with Crippen molar-refractivity contribution in [2.45, 2.75) is 62.3 Å². The Kier molecular flexibility index (Phi) is 10.1. The molecule has 152 valence electrons. The topological polar surface area (TPSA) is 75.1 Å². The summed E-state index contributed by atoms with van der Waals surface area (Å²) in [6.45, 7) is 2.87. The van der Waals surface area contributed by atoms with Gasteiger partial charge in [-0.1, -0.05) is 92.7 Å². The van der Waals surface area contributed by atoms with Gasteiger partial charge in [0.15, 0.2) is 5.16 Å². The van der Waals surface area contributed by atoms with Crippen LogP contribution in [0, 0.1) is 0 Å². The molecule has 0 saturated carbocycles. The molecule has 0 aliphatic carbocycles. The van der Waals surface area contributed by atoms with E-state index >= 15 is 0 Å². The molecule has 1 aromatic carbocycles. The molecule has 0 bridgehead atoms. The lowest BCUT2D eigenvalue weighted by Crippen LogP contribution is -2.17. The van der Waals surface area contributed by atoms with Gasteiger partial charge in [0.25, 0.3) is 0 Å². The maximum atomic E-state index is 11.6. The monoisotopic (exact) mass is 421 g/mol. The number of aromatic nitrogens is 2. The predicted molar refractivity (Wildman–Crippen MR) is 116 cm³/mol. The Bertz CT molecular complexity index is 731. The number of nitrogens with zero attached hydrogens (tertiary/aromatic N) is 2. The van der Waals surface area contributed by atoms with Crippen LogP contribution in [0.5, 0.6) is 0 Å². The molecule has 1 unspecified atom stereocenters. The molecule has 0 fully saturated rings. The Morgan fingerprint density at radius 2 is 1.93 bits per heavy atom. The Morgan fingerprint density at radius 1 is 1.18 bits per heavy atom. The lowest BCUT2D eigenvalue weighted by atomic mass is 10.1. The number of unbranched alkanes of at least 4 members (excludes halogenated alkanes) is 4. The van der Waals surface area contributed by atoms with E-state index in [2.05, 4.69) is 34.3 Å². The van der Waals surface area contributed by atoms with Crippen molar-refractivity contribution in [2.24, 2.45) is 0 Å². The minimum Gasteiger partial charge on any atom is -0.480 e. The second-order valence-electron chi connectivity index (χ2n) is 6.67. The van der Waals surface area contributed by atoms with Gasteiger partial charge in [0.05, 0.1) is 0 Å². The van der Waals surface area contributed by atoms with Crippen LogP contribution < -0.4 is 5.32 Å². The third kappa shape index (κ3) is 8.48. The summed E-state index contributed by atoms with van der Waals surface area (Å²) in [4.78, 5) is 20.2. The first kappa shape index (κ1) is 22.5. The van der Waals surface area contributed by atoms with E-state index in [0.717, 1.165) is 25.7 Å². The molecule has 5 nitrogen and oxygen atoms in total. The number of rotatable bonds is 13. The minimum absolute atomic E-state index is 0.312. The third-order valence-corrected chi connectivity index (χ3v) is 5.64. The van der Waals surface area contributed by atoms with Crippen molar-refractivity contribution in [1.29, 1.82) is 0 Å². The molecule has 7 heteroatoms. The molecular weight excluding hydrogens is 394 g/mol. The van der Waals surface area contributed by atoms with E-state index < -0.39 is 11.2 Å². The van der Waals surface area contributed by atoms with Crippen LogP contribution in [-0.4, -0.2) is 32.8 Å². The molecule has 28 heavy (non-hydrogen) atoms. The Labute approximate surface area is 176 Å². The van der Waals surface area contributed by atoms with Gasteiger partial charge in [-0.3, -0.25) is 4.79 Å². The number of aliphatic carboxylic acids is 1. The van der Waals surface area contributed by atoms with Crippen LogP contribution in [0.1, 0.15) is 51.0 Å². The van der Waals surface area contributed by atoms with E-state index in [0.29, 0.717) is 29.1 Å². The fourth-order valence-electron chi connectivity index (χ4n) is 2.81. The molecule has 2 N–H and O–H groups in total. The average molecular weight is 422 g/mol. The van der Waals surface area contributed by atoms with Gasteiger partial charge >= 0.3 is 5.97 Å². The van der Waals surface area contributed by atoms with Gasteiger partial charge in [-0.2, -0.15) is 0 Å². The highest BCUT2D eigenvalue weighted by Gasteiger charge is 2.20. The number of benzene rings is 1. The second kappa shape index (κ2) is 12.6. The molecule has 1 aromatic heterocycles. The standard InChI is InChI=1S/C21H28ClN3O2S/c1-2-3-4-5-9-12-17(20(26)27)28-21-24-18(22)15-19(25-21)23-14-13-16-10-7-6-8-11-16/h6-8,10-11,15,17H,2-5,9,12-14H2,1H3,(H,26,27)(H,23,24,25). The maximum absolute atomic E-state index is 11.6. The first-order chi connectivity index (χ1) is 13.6. The highest BCUT2D eigenvalue weighted by Crippen LogP contribution is 2.27. The second-order valence-corrected chi connectivity index (χ2v) is 8.23. The summed E-state index contributed by atoms with van der Waals surface area (Å²) in [6, 6.07) is 11.8. The molecule has 2 aromatic rings. The number of carboxylic acid groups (broad SMARTS) is 1. The lowest BCUT2D eigenvalue weighted by molar-refractivity contribution is -0.136. The zero-order valence-corrected chi connectivity index (χ0v) is 17.8. The van der Waals surface area contributed by atoms with Crippen LogP contribution >= 0.6 is 23.4 Å².